The van der Waals surface area contributed by atoms with E-state index < -0.39 is 0 Å². The summed E-state index contributed by atoms with van der Waals surface area (Å²) < 4.78 is 2.69. The second-order valence-electron chi connectivity index (χ2n) is 4.34. The van der Waals surface area contributed by atoms with E-state index in [9.17, 15) is 0 Å². The number of hydrogen-bond acceptors (Lipinski definition) is 4. The zero-order valence-corrected chi connectivity index (χ0v) is 12.1. The standard InChI is InChI=1S/C13H12BrN5/c1-7-17-8(2)19(18-7)12-4-3-11(15)10-5-9(14)6-16-13(10)12/h3-6H,15H2,1-2H3. The van der Waals surface area contributed by atoms with Crippen LogP contribution in [0.2, 0.25) is 0 Å². The van der Waals surface area contributed by atoms with Crippen LogP contribution in [0.25, 0.3) is 16.6 Å². The fraction of sp³-hybridized carbons (Fsp3) is 0.154. The Labute approximate surface area is 118 Å². The number of benzene rings is 1. The predicted octanol–water partition coefficient (Wildman–Crippen LogP) is 2.78. The topological polar surface area (TPSA) is 69.6 Å². The number of rotatable bonds is 1. The Morgan fingerprint density at radius 2 is 2.05 bits per heavy atom. The average Bonchev–Trinajstić information content (AvgIpc) is 2.69. The third-order valence-electron chi connectivity index (χ3n) is 2.93. The summed E-state index contributed by atoms with van der Waals surface area (Å²) in [5.74, 6) is 1.56. The number of nitrogens with zero attached hydrogens (tertiary/aromatic N) is 4. The Hall–Kier alpha value is -1.95. The van der Waals surface area contributed by atoms with Crippen molar-refractivity contribution in [3.05, 3.63) is 40.5 Å². The van der Waals surface area contributed by atoms with Gasteiger partial charge in [-0.25, -0.2) is 9.67 Å². The summed E-state index contributed by atoms with van der Waals surface area (Å²) in [5.41, 5.74) is 8.41. The fourth-order valence-electron chi connectivity index (χ4n) is 2.12. The van der Waals surface area contributed by atoms with Crippen molar-refractivity contribution in [1.82, 2.24) is 19.7 Å². The lowest BCUT2D eigenvalue weighted by Gasteiger charge is -2.09. The molecule has 0 unspecified atom stereocenters. The van der Waals surface area contributed by atoms with Crippen LogP contribution in [0.5, 0.6) is 0 Å². The Balaban J connectivity index is 2.36. The van der Waals surface area contributed by atoms with Gasteiger partial charge in [0.2, 0.25) is 0 Å². The molecule has 3 aromatic rings. The lowest BCUT2D eigenvalue weighted by atomic mass is 10.1. The Kier molecular flexibility index (Phi) is 2.74. The number of aryl methyl sites for hydroxylation is 2. The van der Waals surface area contributed by atoms with E-state index in [0.29, 0.717) is 5.69 Å². The van der Waals surface area contributed by atoms with Crippen molar-refractivity contribution in [2.45, 2.75) is 13.8 Å². The van der Waals surface area contributed by atoms with Crippen molar-refractivity contribution in [1.29, 1.82) is 0 Å². The maximum atomic E-state index is 6.01. The van der Waals surface area contributed by atoms with Crippen LogP contribution >= 0.6 is 15.9 Å². The summed E-state index contributed by atoms with van der Waals surface area (Å²) >= 11 is 3.41. The van der Waals surface area contributed by atoms with E-state index in [1.807, 2.05) is 32.0 Å². The van der Waals surface area contributed by atoms with Gasteiger partial charge in [-0.1, -0.05) is 0 Å². The number of aromatic nitrogens is 4. The minimum Gasteiger partial charge on any atom is -0.398 e. The number of hydrogen-bond donors (Lipinski definition) is 1. The number of anilines is 1. The summed E-state index contributed by atoms with van der Waals surface area (Å²) in [5, 5.41) is 5.30. The highest BCUT2D eigenvalue weighted by molar-refractivity contribution is 9.10. The number of nitrogens with two attached hydrogens (primary N) is 1. The molecular weight excluding hydrogens is 306 g/mol. The quantitative estimate of drug-likeness (QED) is 0.701. The van der Waals surface area contributed by atoms with Crippen LogP contribution in [-0.4, -0.2) is 19.7 Å². The zero-order valence-electron chi connectivity index (χ0n) is 10.6. The van der Waals surface area contributed by atoms with Crippen LogP contribution < -0.4 is 5.73 Å². The largest absolute Gasteiger partial charge is 0.398 e. The third-order valence-corrected chi connectivity index (χ3v) is 3.37. The van der Waals surface area contributed by atoms with Crippen LogP contribution in [0.4, 0.5) is 5.69 Å². The van der Waals surface area contributed by atoms with E-state index in [4.69, 9.17) is 5.73 Å². The van der Waals surface area contributed by atoms with E-state index in [-0.39, 0.29) is 0 Å². The van der Waals surface area contributed by atoms with Crippen molar-refractivity contribution < 1.29 is 0 Å². The van der Waals surface area contributed by atoms with Crippen molar-refractivity contribution in [3.63, 3.8) is 0 Å². The van der Waals surface area contributed by atoms with Crippen molar-refractivity contribution in [3.8, 4) is 5.69 Å². The van der Waals surface area contributed by atoms with Gasteiger partial charge in [0.15, 0.2) is 0 Å². The molecule has 2 N–H and O–H groups in total. The SMILES string of the molecule is Cc1nc(C)n(-c2ccc(N)c3cc(Br)cnc23)n1. The zero-order chi connectivity index (χ0) is 13.6. The predicted molar refractivity (Wildman–Crippen MR) is 78.2 cm³/mol. The minimum atomic E-state index is 0.696. The second kappa shape index (κ2) is 4.31. The van der Waals surface area contributed by atoms with Gasteiger partial charge in [0.25, 0.3) is 0 Å². The molecule has 96 valence electrons. The van der Waals surface area contributed by atoms with E-state index >= 15 is 0 Å². The van der Waals surface area contributed by atoms with Gasteiger partial charge in [-0.15, -0.1) is 0 Å². The maximum Gasteiger partial charge on any atom is 0.148 e. The van der Waals surface area contributed by atoms with E-state index in [1.54, 1.807) is 10.9 Å². The van der Waals surface area contributed by atoms with E-state index in [0.717, 1.165) is 32.7 Å². The van der Waals surface area contributed by atoms with Gasteiger partial charge in [-0.05, 0) is 48.0 Å². The first kappa shape index (κ1) is 12.1. The second-order valence-corrected chi connectivity index (χ2v) is 5.26. The lowest BCUT2D eigenvalue weighted by Crippen LogP contribution is -2.02. The highest BCUT2D eigenvalue weighted by Gasteiger charge is 2.11. The normalized spacial score (nSPS) is 11.1. The summed E-state index contributed by atoms with van der Waals surface area (Å²) in [4.78, 5) is 8.77. The average molecular weight is 318 g/mol. The van der Waals surface area contributed by atoms with Gasteiger partial charge in [-0.3, -0.25) is 4.98 Å². The first-order valence-electron chi connectivity index (χ1n) is 5.80. The molecule has 2 aromatic heterocycles. The molecule has 6 heteroatoms. The van der Waals surface area contributed by atoms with Gasteiger partial charge in [0, 0.05) is 21.7 Å². The number of nitrogen functional groups attached to an aromatic ring is 1. The molecule has 0 aliphatic heterocycles. The number of fused-ring (bicyclic) bond motifs is 1. The Morgan fingerprint density at radius 3 is 2.74 bits per heavy atom. The summed E-state index contributed by atoms with van der Waals surface area (Å²) in [6.45, 7) is 3.79. The van der Waals surface area contributed by atoms with Crippen molar-refractivity contribution >= 4 is 32.5 Å². The molecule has 0 atom stereocenters. The highest BCUT2D eigenvalue weighted by atomic mass is 79.9. The molecule has 5 nitrogen and oxygen atoms in total. The van der Waals surface area contributed by atoms with Crippen LogP contribution in [0.15, 0.2) is 28.9 Å². The molecule has 1 aromatic carbocycles. The molecule has 3 rings (SSSR count). The van der Waals surface area contributed by atoms with Crippen molar-refractivity contribution in [2.24, 2.45) is 0 Å². The summed E-state index contributed by atoms with van der Waals surface area (Å²) in [6.07, 6.45) is 1.75. The van der Waals surface area contributed by atoms with Crippen LogP contribution in [0.3, 0.4) is 0 Å². The molecule has 0 saturated heterocycles. The summed E-state index contributed by atoms with van der Waals surface area (Å²) in [6, 6.07) is 5.74. The molecule has 0 saturated carbocycles. The minimum absolute atomic E-state index is 0.696. The smallest absolute Gasteiger partial charge is 0.148 e. The molecule has 0 spiro atoms. The number of halogens is 1. The third kappa shape index (κ3) is 1.98. The first-order chi connectivity index (χ1) is 9.06. The Bertz CT molecular complexity index is 778. The van der Waals surface area contributed by atoms with E-state index in [2.05, 4.69) is 31.0 Å². The highest BCUT2D eigenvalue weighted by Crippen LogP contribution is 2.28. The molecule has 0 aliphatic carbocycles. The molecule has 0 bridgehead atoms. The van der Waals surface area contributed by atoms with Crippen LogP contribution in [0.1, 0.15) is 11.6 Å². The first-order valence-corrected chi connectivity index (χ1v) is 6.60. The fourth-order valence-corrected chi connectivity index (χ4v) is 2.45. The Morgan fingerprint density at radius 1 is 1.26 bits per heavy atom. The van der Waals surface area contributed by atoms with Crippen molar-refractivity contribution in [2.75, 3.05) is 5.73 Å². The van der Waals surface area contributed by atoms with Crippen LogP contribution in [-0.2, 0) is 0 Å². The van der Waals surface area contributed by atoms with E-state index in [1.165, 1.54) is 0 Å². The number of pyridine rings is 1. The van der Waals surface area contributed by atoms with Gasteiger partial charge in [0.05, 0.1) is 11.2 Å². The molecule has 0 radical (unpaired) electrons. The molecule has 0 amide bonds. The maximum absolute atomic E-state index is 6.01. The molecular formula is C13H12BrN5. The van der Waals surface area contributed by atoms with Gasteiger partial charge < -0.3 is 5.73 Å². The van der Waals surface area contributed by atoms with Gasteiger partial charge in [0.1, 0.15) is 11.6 Å². The molecule has 0 aliphatic rings. The molecule has 0 fully saturated rings. The monoisotopic (exact) mass is 317 g/mol. The van der Waals surface area contributed by atoms with Gasteiger partial charge in [-0.2, -0.15) is 5.10 Å². The van der Waals surface area contributed by atoms with Gasteiger partial charge >= 0.3 is 0 Å². The molecule has 2 heterocycles. The summed E-state index contributed by atoms with van der Waals surface area (Å²) in [7, 11) is 0. The van der Waals surface area contributed by atoms with Crippen LogP contribution in [0, 0.1) is 13.8 Å². The molecule has 19 heavy (non-hydrogen) atoms. The lowest BCUT2D eigenvalue weighted by molar-refractivity contribution is 0.835.